The van der Waals surface area contributed by atoms with Gasteiger partial charge in [-0.2, -0.15) is 0 Å². The van der Waals surface area contributed by atoms with Crippen LogP contribution in [0, 0.1) is 6.92 Å². The Kier molecular flexibility index (Phi) is 5.74. The van der Waals surface area contributed by atoms with Gasteiger partial charge in [0.05, 0.1) is 23.9 Å². The summed E-state index contributed by atoms with van der Waals surface area (Å²) < 4.78 is 15.9. The van der Waals surface area contributed by atoms with E-state index in [0.717, 1.165) is 16.5 Å². The number of carbonyl (C=O) groups is 2. The number of methoxy groups -OCH3 is 1. The van der Waals surface area contributed by atoms with Crippen LogP contribution in [-0.2, 0) is 16.1 Å². The Morgan fingerprint density at radius 2 is 1.89 bits per heavy atom. The van der Waals surface area contributed by atoms with E-state index in [-0.39, 0.29) is 13.2 Å². The highest BCUT2D eigenvalue weighted by Crippen LogP contribution is 2.22. The summed E-state index contributed by atoms with van der Waals surface area (Å²) in [4.78, 5) is 27.8. The second-order valence-electron chi connectivity index (χ2n) is 6.16. The molecule has 3 rings (SSSR count). The summed E-state index contributed by atoms with van der Waals surface area (Å²) in [6.45, 7) is 1.61. The summed E-state index contributed by atoms with van der Waals surface area (Å²) >= 11 is 0. The average Bonchev–Trinajstić information content (AvgIpc) is 2.69. The molecule has 0 saturated carbocycles. The van der Waals surface area contributed by atoms with Crippen LogP contribution in [0.4, 0.5) is 0 Å². The normalized spacial score (nSPS) is 10.5. The number of rotatable bonds is 7. The number of hydrogen-bond donors (Lipinski definition) is 1. The first-order valence-corrected chi connectivity index (χ1v) is 8.59. The topological polar surface area (TPSA) is 101 Å². The number of aryl methyl sites for hydroxylation is 1. The van der Waals surface area contributed by atoms with Crippen LogP contribution < -0.4 is 15.2 Å². The molecule has 0 bridgehead atoms. The van der Waals surface area contributed by atoms with Crippen molar-refractivity contribution in [2.75, 3.05) is 13.7 Å². The van der Waals surface area contributed by atoms with Gasteiger partial charge < -0.3 is 19.9 Å². The van der Waals surface area contributed by atoms with Crippen molar-refractivity contribution in [2.45, 2.75) is 13.5 Å². The molecule has 3 aromatic rings. The van der Waals surface area contributed by atoms with Gasteiger partial charge in [-0.05, 0) is 42.8 Å². The largest absolute Gasteiger partial charge is 0.497 e. The lowest BCUT2D eigenvalue weighted by Gasteiger charge is -2.10. The lowest BCUT2D eigenvalue weighted by Crippen LogP contribution is -2.20. The van der Waals surface area contributed by atoms with Crippen LogP contribution in [0.2, 0.25) is 0 Å². The fourth-order valence-electron chi connectivity index (χ4n) is 2.68. The van der Waals surface area contributed by atoms with Crippen molar-refractivity contribution in [1.82, 2.24) is 4.98 Å². The van der Waals surface area contributed by atoms with Crippen LogP contribution in [0.15, 0.2) is 48.5 Å². The van der Waals surface area contributed by atoms with Gasteiger partial charge in [-0.1, -0.05) is 12.1 Å². The maximum Gasteiger partial charge on any atom is 0.340 e. The molecule has 2 aromatic carbocycles. The number of ether oxygens (including phenoxy) is 3. The van der Waals surface area contributed by atoms with E-state index in [0.29, 0.717) is 22.8 Å². The molecule has 0 atom stereocenters. The second kappa shape index (κ2) is 8.39. The summed E-state index contributed by atoms with van der Waals surface area (Å²) in [6, 6.07) is 14.1. The van der Waals surface area contributed by atoms with Gasteiger partial charge in [0.25, 0.3) is 5.91 Å². The average molecular weight is 380 g/mol. The number of nitrogens with zero attached hydrogens (tertiary/aromatic N) is 1. The molecule has 2 N–H and O–H groups in total. The van der Waals surface area contributed by atoms with E-state index in [1.165, 1.54) is 0 Å². The Labute approximate surface area is 162 Å². The van der Waals surface area contributed by atoms with E-state index >= 15 is 0 Å². The number of carbonyl (C=O) groups excluding carboxylic acids is 2. The number of primary amides is 1. The summed E-state index contributed by atoms with van der Waals surface area (Å²) in [7, 11) is 1.59. The van der Waals surface area contributed by atoms with Crippen molar-refractivity contribution >= 4 is 22.8 Å². The smallest absolute Gasteiger partial charge is 0.340 e. The minimum absolute atomic E-state index is 0.0622. The molecule has 1 aromatic heterocycles. The molecule has 0 saturated heterocycles. The fraction of sp³-hybridized carbons (Fsp3) is 0.190. The first-order chi connectivity index (χ1) is 13.5. The molecule has 0 unspecified atom stereocenters. The highest BCUT2D eigenvalue weighted by atomic mass is 16.5. The van der Waals surface area contributed by atoms with Crippen LogP contribution >= 0.6 is 0 Å². The predicted molar refractivity (Wildman–Crippen MR) is 103 cm³/mol. The van der Waals surface area contributed by atoms with Crippen LogP contribution in [0.3, 0.4) is 0 Å². The second-order valence-corrected chi connectivity index (χ2v) is 6.16. The Hall–Kier alpha value is -3.61. The zero-order chi connectivity index (χ0) is 20.1. The molecule has 1 heterocycles. The van der Waals surface area contributed by atoms with E-state index < -0.39 is 11.9 Å². The molecule has 0 spiro atoms. The molecule has 1 amide bonds. The van der Waals surface area contributed by atoms with Crippen molar-refractivity contribution in [1.29, 1.82) is 0 Å². The van der Waals surface area contributed by atoms with E-state index in [1.54, 1.807) is 44.4 Å². The molecule has 7 nitrogen and oxygen atoms in total. The quantitative estimate of drug-likeness (QED) is 0.633. The lowest BCUT2D eigenvalue weighted by atomic mass is 10.1. The number of pyridine rings is 1. The van der Waals surface area contributed by atoms with Gasteiger partial charge in [0.15, 0.2) is 6.61 Å². The van der Waals surface area contributed by atoms with Gasteiger partial charge >= 0.3 is 5.97 Å². The number of nitrogens with two attached hydrogens (primary N) is 1. The third-order valence-electron chi connectivity index (χ3n) is 4.08. The standard InChI is InChI=1S/C21H20N2O5/c1-13-18(9-15-6-7-16(26-2)10-19(15)23-13)21(25)28-11-14-4-3-5-17(8-14)27-12-20(22)24/h3-10H,11-12H2,1-2H3,(H2,22,24). The molecule has 28 heavy (non-hydrogen) atoms. The van der Waals surface area contributed by atoms with E-state index in [9.17, 15) is 9.59 Å². The first kappa shape index (κ1) is 19.2. The molecule has 0 aliphatic rings. The van der Waals surface area contributed by atoms with Gasteiger partial charge in [-0.25, -0.2) is 4.79 Å². The van der Waals surface area contributed by atoms with Crippen LogP contribution in [-0.4, -0.2) is 30.6 Å². The van der Waals surface area contributed by atoms with Crippen LogP contribution in [0.25, 0.3) is 10.9 Å². The van der Waals surface area contributed by atoms with Gasteiger partial charge in [0, 0.05) is 11.5 Å². The maximum absolute atomic E-state index is 12.5. The fourth-order valence-corrected chi connectivity index (χ4v) is 2.68. The number of esters is 1. The van der Waals surface area contributed by atoms with Gasteiger partial charge in [0.1, 0.15) is 18.1 Å². The minimum Gasteiger partial charge on any atom is -0.497 e. The van der Waals surface area contributed by atoms with Gasteiger partial charge in [0.2, 0.25) is 0 Å². The number of aromatic nitrogens is 1. The monoisotopic (exact) mass is 380 g/mol. The maximum atomic E-state index is 12.5. The summed E-state index contributed by atoms with van der Waals surface area (Å²) in [5.74, 6) is 0.151. The highest BCUT2D eigenvalue weighted by molar-refractivity contribution is 5.95. The molecule has 144 valence electrons. The Bertz CT molecular complexity index is 1030. The van der Waals surface area contributed by atoms with E-state index in [1.807, 2.05) is 18.2 Å². The number of hydrogen-bond acceptors (Lipinski definition) is 6. The Balaban J connectivity index is 1.72. The molecular formula is C21H20N2O5. The van der Waals surface area contributed by atoms with Crippen LogP contribution in [0.5, 0.6) is 11.5 Å². The molecule has 0 aliphatic carbocycles. The van der Waals surface area contributed by atoms with Crippen LogP contribution in [0.1, 0.15) is 21.6 Å². The Morgan fingerprint density at radius 1 is 1.07 bits per heavy atom. The molecular weight excluding hydrogens is 360 g/mol. The third kappa shape index (κ3) is 4.56. The SMILES string of the molecule is COc1ccc2cc(C(=O)OCc3cccc(OCC(N)=O)c3)c(C)nc2c1. The molecule has 0 fully saturated rings. The van der Waals surface area contributed by atoms with Crippen molar-refractivity contribution < 1.29 is 23.8 Å². The molecule has 0 aliphatic heterocycles. The third-order valence-corrected chi connectivity index (χ3v) is 4.08. The first-order valence-electron chi connectivity index (χ1n) is 8.59. The summed E-state index contributed by atoms with van der Waals surface area (Å²) in [5, 5.41) is 0.820. The number of benzene rings is 2. The van der Waals surface area contributed by atoms with E-state index in [2.05, 4.69) is 4.98 Å². The molecule has 7 heteroatoms. The minimum atomic E-state index is -0.561. The zero-order valence-corrected chi connectivity index (χ0v) is 15.6. The van der Waals surface area contributed by atoms with Crippen molar-refractivity contribution in [3.63, 3.8) is 0 Å². The zero-order valence-electron chi connectivity index (χ0n) is 15.6. The number of amides is 1. The lowest BCUT2D eigenvalue weighted by molar-refractivity contribution is -0.119. The highest BCUT2D eigenvalue weighted by Gasteiger charge is 2.14. The van der Waals surface area contributed by atoms with Crippen molar-refractivity contribution in [3.8, 4) is 11.5 Å². The van der Waals surface area contributed by atoms with E-state index in [4.69, 9.17) is 19.9 Å². The van der Waals surface area contributed by atoms with Crippen molar-refractivity contribution in [2.24, 2.45) is 5.73 Å². The number of fused-ring (bicyclic) bond motifs is 1. The summed E-state index contributed by atoms with van der Waals surface area (Å²) in [6.07, 6.45) is 0. The predicted octanol–water partition coefficient (Wildman–Crippen LogP) is 2.77. The Morgan fingerprint density at radius 3 is 2.64 bits per heavy atom. The van der Waals surface area contributed by atoms with Gasteiger partial charge in [-0.3, -0.25) is 9.78 Å². The summed E-state index contributed by atoms with van der Waals surface area (Å²) in [5.41, 5.74) is 7.51. The van der Waals surface area contributed by atoms with Gasteiger partial charge in [-0.15, -0.1) is 0 Å². The molecule has 0 radical (unpaired) electrons. The van der Waals surface area contributed by atoms with Crippen molar-refractivity contribution in [3.05, 3.63) is 65.4 Å².